The highest BCUT2D eigenvalue weighted by Crippen LogP contribution is 2.35. The molecule has 0 bridgehead atoms. The monoisotopic (exact) mass is 774 g/mol. The van der Waals surface area contributed by atoms with Gasteiger partial charge in [0, 0.05) is 65.3 Å². The molecule has 1 aliphatic rings. The van der Waals surface area contributed by atoms with Gasteiger partial charge in [-0.05, 0) is 59.5 Å². The van der Waals surface area contributed by atoms with E-state index >= 15 is 0 Å². The lowest BCUT2D eigenvalue weighted by atomic mass is 9.95. The van der Waals surface area contributed by atoms with Crippen LogP contribution in [-0.2, 0) is 49.2 Å². The van der Waals surface area contributed by atoms with Crippen LogP contribution in [0, 0.1) is 5.92 Å². The Hall–Kier alpha value is -4.47. The van der Waals surface area contributed by atoms with Crippen molar-refractivity contribution in [2.75, 3.05) is 32.6 Å². The maximum Gasteiger partial charge on any atom is 0.511 e. The lowest BCUT2D eigenvalue weighted by molar-refractivity contribution is -0.170. The molecule has 3 atom stereocenters. The van der Waals surface area contributed by atoms with Gasteiger partial charge in [0.15, 0.2) is 0 Å². The van der Waals surface area contributed by atoms with Crippen molar-refractivity contribution in [1.29, 1.82) is 0 Å². The highest BCUT2D eigenvalue weighted by Gasteiger charge is 2.31. The van der Waals surface area contributed by atoms with E-state index in [-0.39, 0.29) is 41.1 Å². The van der Waals surface area contributed by atoms with Crippen LogP contribution in [-0.4, -0.2) is 88.2 Å². The van der Waals surface area contributed by atoms with Gasteiger partial charge in [-0.3, -0.25) is 13.8 Å². The van der Waals surface area contributed by atoms with Gasteiger partial charge in [0.25, 0.3) is 11.8 Å². The van der Waals surface area contributed by atoms with E-state index in [0.29, 0.717) is 45.7 Å². The van der Waals surface area contributed by atoms with E-state index in [4.69, 9.17) is 52.0 Å². The van der Waals surface area contributed by atoms with E-state index in [0.717, 1.165) is 5.39 Å². The first-order chi connectivity index (χ1) is 24.9. The van der Waals surface area contributed by atoms with Gasteiger partial charge in [0.2, 0.25) is 6.29 Å². The Labute approximate surface area is 311 Å². The van der Waals surface area contributed by atoms with Crippen LogP contribution in [0.15, 0.2) is 70.2 Å². The number of aliphatic hydroxyl groups is 2. The van der Waals surface area contributed by atoms with Gasteiger partial charge in [-0.2, -0.15) is 0 Å². The molecule has 13 nitrogen and oxygen atoms in total. The van der Waals surface area contributed by atoms with E-state index in [1.807, 2.05) is 12.1 Å². The van der Waals surface area contributed by atoms with Crippen molar-refractivity contribution in [1.82, 2.24) is 10.2 Å². The predicted octanol–water partition coefficient (Wildman–Crippen LogP) is 4.66. The van der Waals surface area contributed by atoms with Crippen molar-refractivity contribution in [3.05, 3.63) is 98.7 Å². The number of ether oxygens (including phenoxy) is 3. The molecule has 2 unspecified atom stereocenters. The number of nitrogens with one attached hydrogen (secondary N) is 1. The number of fused-ring (bicyclic) bond motifs is 2. The zero-order chi connectivity index (χ0) is 37.5. The van der Waals surface area contributed by atoms with E-state index in [1.54, 1.807) is 53.6 Å². The van der Waals surface area contributed by atoms with Gasteiger partial charge in [0.1, 0.15) is 18.2 Å². The molecular formula is C36H36Cl2N2O11S. The number of carbonyl (C=O) groups is 4. The molecule has 0 aliphatic carbocycles. The van der Waals surface area contributed by atoms with Gasteiger partial charge in [-0.25, -0.2) is 9.59 Å². The second-order valence-electron chi connectivity index (χ2n) is 12.1. The minimum Gasteiger partial charge on any atom is -0.464 e. The zero-order valence-corrected chi connectivity index (χ0v) is 30.5. The average Bonchev–Trinajstić information content (AvgIpc) is 3.59. The predicted molar refractivity (Wildman–Crippen MR) is 191 cm³/mol. The van der Waals surface area contributed by atoms with Crippen LogP contribution in [0.5, 0.6) is 0 Å². The Kier molecular flexibility index (Phi) is 12.9. The summed E-state index contributed by atoms with van der Waals surface area (Å²) in [6.07, 6.45) is 0.605. The molecule has 3 N–H and O–H groups in total. The van der Waals surface area contributed by atoms with Crippen molar-refractivity contribution in [3.8, 4) is 0 Å². The molecule has 4 aromatic rings. The minimum atomic E-state index is -1.46. The molecule has 5 rings (SSSR count). The molecule has 0 radical (unpaired) electrons. The zero-order valence-electron chi connectivity index (χ0n) is 28.1. The van der Waals surface area contributed by atoms with Crippen molar-refractivity contribution in [3.63, 3.8) is 0 Å². The van der Waals surface area contributed by atoms with Crippen molar-refractivity contribution in [2.45, 2.75) is 43.5 Å². The highest BCUT2D eigenvalue weighted by atomic mass is 35.5. The van der Waals surface area contributed by atoms with Crippen LogP contribution in [0.4, 0.5) is 4.79 Å². The van der Waals surface area contributed by atoms with E-state index in [9.17, 15) is 23.4 Å². The van der Waals surface area contributed by atoms with Crippen LogP contribution < -0.4 is 5.32 Å². The lowest BCUT2D eigenvalue weighted by Gasteiger charge is -2.30. The number of halogens is 2. The number of amides is 2. The largest absolute Gasteiger partial charge is 0.511 e. The van der Waals surface area contributed by atoms with Crippen LogP contribution in [0.25, 0.3) is 11.0 Å². The highest BCUT2D eigenvalue weighted by molar-refractivity contribution is 7.84. The second kappa shape index (κ2) is 17.4. The normalized spacial score (nSPS) is 14.3. The standard InChI is InChI=1S/C36H36Cl2N2O11S/c1-20(51-36(46)49-19-22(17-41)18-42)50-35(45)29(13-21-4-3-5-26(12-21)52(2)47)39-33(43)31-28(37)14-25-16-40(10-8-27(25)32(31)38)34(44)24-7-6-23-9-11-48-30(23)15-24/h3-7,9,11-12,14-15,20,22,29,41-42H,8,10,13,16-19H2,1-2H3,(H,39,43)/t20?,29-,52?/m0/s1. The van der Waals surface area contributed by atoms with Gasteiger partial charge in [-0.15, -0.1) is 0 Å². The van der Waals surface area contributed by atoms with Crippen molar-refractivity contribution < 1.29 is 52.2 Å². The fraction of sp³-hybridized carbons (Fsp3) is 0.333. The maximum absolute atomic E-state index is 13.8. The van der Waals surface area contributed by atoms with Gasteiger partial charge < -0.3 is 39.1 Å². The maximum atomic E-state index is 13.8. The summed E-state index contributed by atoms with van der Waals surface area (Å²) >= 11 is 13.4. The number of carbonyl (C=O) groups excluding carboxylic acids is 4. The topological polar surface area (TPSA) is 182 Å². The van der Waals surface area contributed by atoms with Gasteiger partial charge in [-0.1, -0.05) is 41.4 Å². The second-order valence-corrected chi connectivity index (χ2v) is 14.2. The fourth-order valence-corrected chi connectivity index (χ4v) is 6.95. The Balaban J connectivity index is 1.32. The molecule has 2 amide bonds. The summed E-state index contributed by atoms with van der Waals surface area (Å²) in [6, 6.07) is 13.9. The Morgan fingerprint density at radius 1 is 1.04 bits per heavy atom. The third kappa shape index (κ3) is 9.30. The molecule has 2 heterocycles. The van der Waals surface area contributed by atoms with Crippen molar-refractivity contribution >= 4 is 68.9 Å². The van der Waals surface area contributed by atoms with Gasteiger partial charge >= 0.3 is 12.1 Å². The quantitative estimate of drug-likeness (QED) is 0.127. The summed E-state index contributed by atoms with van der Waals surface area (Å²) in [4.78, 5) is 54.9. The first kappa shape index (κ1) is 38.8. The van der Waals surface area contributed by atoms with Crippen LogP contribution in [0.3, 0.4) is 0 Å². The first-order valence-electron chi connectivity index (χ1n) is 16.1. The molecule has 0 fully saturated rings. The summed E-state index contributed by atoms with van der Waals surface area (Å²) in [5.74, 6) is -2.69. The number of furan rings is 1. The summed E-state index contributed by atoms with van der Waals surface area (Å²) in [5.41, 5.74) is 2.80. The van der Waals surface area contributed by atoms with E-state index < -0.39 is 60.3 Å². The number of rotatable bonds is 13. The molecule has 52 heavy (non-hydrogen) atoms. The van der Waals surface area contributed by atoms with Crippen LogP contribution in [0.1, 0.15) is 44.3 Å². The summed E-state index contributed by atoms with van der Waals surface area (Å²) in [7, 11) is -1.33. The average molecular weight is 776 g/mol. The molecule has 16 heteroatoms. The molecule has 0 saturated carbocycles. The Morgan fingerprint density at radius 3 is 2.54 bits per heavy atom. The Morgan fingerprint density at radius 2 is 1.81 bits per heavy atom. The van der Waals surface area contributed by atoms with Crippen molar-refractivity contribution in [2.24, 2.45) is 5.92 Å². The fourth-order valence-electron chi connectivity index (χ4n) is 5.60. The molecular weight excluding hydrogens is 739 g/mol. The minimum absolute atomic E-state index is 0.00782. The van der Waals surface area contributed by atoms with Crippen LogP contribution >= 0.6 is 23.2 Å². The number of hydrogen-bond acceptors (Lipinski definition) is 11. The SMILES string of the molecule is CC(OC(=O)OCC(CO)CO)OC(=O)[C@H](Cc1cccc(S(C)=O)c1)NC(=O)c1c(Cl)cc2c(c1Cl)CCN(C(=O)c1ccc3ccoc3c1)C2. The number of nitrogens with zero attached hydrogens (tertiary/aromatic N) is 1. The molecule has 0 saturated heterocycles. The number of aliphatic hydroxyl groups excluding tert-OH is 2. The van der Waals surface area contributed by atoms with E-state index in [1.165, 1.54) is 13.2 Å². The molecule has 0 spiro atoms. The summed E-state index contributed by atoms with van der Waals surface area (Å²) in [5, 5.41) is 21.9. The summed E-state index contributed by atoms with van der Waals surface area (Å²) < 4.78 is 32.7. The number of benzene rings is 3. The van der Waals surface area contributed by atoms with Gasteiger partial charge in [0.05, 0.1) is 35.1 Å². The molecule has 1 aromatic heterocycles. The van der Waals surface area contributed by atoms with Crippen LogP contribution in [0.2, 0.25) is 10.0 Å². The summed E-state index contributed by atoms with van der Waals surface area (Å²) in [6.45, 7) is 0.575. The number of hydrogen-bond donors (Lipinski definition) is 3. The lowest BCUT2D eigenvalue weighted by Crippen LogP contribution is -2.45. The smallest absolute Gasteiger partial charge is 0.464 e. The molecule has 3 aromatic carbocycles. The first-order valence-corrected chi connectivity index (χ1v) is 18.4. The molecule has 1 aliphatic heterocycles. The Bertz CT molecular complexity index is 2000. The molecule has 276 valence electrons. The number of esters is 1. The van der Waals surface area contributed by atoms with E-state index in [2.05, 4.69) is 5.32 Å². The third-order valence-electron chi connectivity index (χ3n) is 8.38. The third-order valence-corrected chi connectivity index (χ3v) is 10.0.